The zero-order valence-electron chi connectivity index (χ0n) is 22.0. The molecule has 8 nitrogen and oxygen atoms in total. The second kappa shape index (κ2) is 12.2. The van der Waals surface area contributed by atoms with Crippen LogP contribution in [0.5, 0.6) is 5.75 Å². The Hall–Kier alpha value is -4.01. The standard InChI is InChI=1S/C29H29Cl2N5O3/c1-18(2)35(29(38)32-21-10-15-24(30)25(31)16-21)17-26(37)33-28-27(20-8-6-5-7-9-20)19(3)34-36(28)22-11-13-23(39-4)14-12-22/h5-16,18H,17H2,1-4H3,(H,32,38)(H,33,37). The van der Waals surface area contributed by atoms with E-state index in [-0.39, 0.29) is 18.5 Å². The van der Waals surface area contributed by atoms with E-state index in [2.05, 4.69) is 10.6 Å². The highest BCUT2D eigenvalue weighted by Gasteiger charge is 2.24. The largest absolute Gasteiger partial charge is 0.497 e. The zero-order chi connectivity index (χ0) is 28.1. The molecule has 0 radical (unpaired) electrons. The summed E-state index contributed by atoms with van der Waals surface area (Å²) < 4.78 is 6.97. The van der Waals surface area contributed by atoms with Crippen LogP contribution >= 0.6 is 23.2 Å². The smallest absolute Gasteiger partial charge is 0.322 e. The van der Waals surface area contributed by atoms with E-state index in [9.17, 15) is 9.59 Å². The topological polar surface area (TPSA) is 88.5 Å². The number of carbonyl (C=O) groups excluding carboxylic acids is 2. The molecule has 0 fully saturated rings. The fraction of sp³-hybridized carbons (Fsp3) is 0.207. The highest BCUT2D eigenvalue weighted by Crippen LogP contribution is 2.34. The Bertz CT molecular complexity index is 1470. The molecular weight excluding hydrogens is 537 g/mol. The van der Waals surface area contributed by atoms with Gasteiger partial charge in [0.25, 0.3) is 0 Å². The number of benzene rings is 3. The number of rotatable bonds is 8. The summed E-state index contributed by atoms with van der Waals surface area (Å²) in [5, 5.41) is 11.2. The molecule has 0 bridgehead atoms. The number of methoxy groups -OCH3 is 1. The van der Waals surface area contributed by atoms with Crippen molar-refractivity contribution in [1.82, 2.24) is 14.7 Å². The molecule has 39 heavy (non-hydrogen) atoms. The van der Waals surface area contributed by atoms with Gasteiger partial charge in [-0.15, -0.1) is 0 Å². The lowest BCUT2D eigenvalue weighted by Gasteiger charge is -2.26. The lowest BCUT2D eigenvalue weighted by molar-refractivity contribution is -0.117. The number of nitrogens with zero attached hydrogens (tertiary/aromatic N) is 3. The number of nitrogens with one attached hydrogen (secondary N) is 2. The summed E-state index contributed by atoms with van der Waals surface area (Å²) >= 11 is 12.1. The van der Waals surface area contributed by atoms with Crippen LogP contribution in [0.2, 0.25) is 10.0 Å². The van der Waals surface area contributed by atoms with E-state index in [1.807, 2.05) is 75.4 Å². The third-order valence-corrected chi connectivity index (χ3v) is 6.81. The predicted octanol–water partition coefficient (Wildman–Crippen LogP) is 7.04. The van der Waals surface area contributed by atoms with Gasteiger partial charge in [0.1, 0.15) is 18.1 Å². The summed E-state index contributed by atoms with van der Waals surface area (Å²) in [6.45, 7) is 5.38. The van der Waals surface area contributed by atoms with Gasteiger partial charge in [-0.2, -0.15) is 5.10 Å². The summed E-state index contributed by atoms with van der Waals surface area (Å²) in [6, 6.07) is 21.2. The Kier molecular flexibility index (Phi) is 8.79. The Balaban J connectivity index is 1.63. The molecule has 0 unspecified atom stereocenters. The fourth-order valence-electron chi connectivity index (χ4n) is 4.09. The van der Waals surface area contributed by atoms with Crippen molar-refractivity contribution >= 4 is 46.6 Å². The van der Waals surface area contributed by atoms with Crippen LogP contribution in [0.4, 0.5) is 16.3 Å². The fourth-order valence-corrected chi connectivity index (χ4v) is 4.39. The van der Waals surface area contributed by atoms with E-state index in [0.717, 1.165) is 22.5 Å². The van der Waals surface area contributed by atoms with E-state index in [0.29, 0.717) is 27.3 Å². The molecule has 4 rings (SSSR count). The number of amides is 3. The molecule has 1 heterocycles. The number of aryl methyl sites for hydroxylation is 1. The molecule has 1 aromatic heterocycles. The summed E-state index contributed by atoms with van der Waals surface area (Å²) in [5.41, 5.74) is 3.65. The molecule has 4 aromatic rings. The van der Waals surface area contributed by atoms with E-state index in [1.165, 1.54) is 4.90 Å². The highest BCUT2D eigenvalue weighted by molar-refractivity contribution is 6.42. The maximum Gasteiger partial charge on any atom is 0.322 e. The van der Waals surface area contributed by atoms with Crippen LogP contribution in [0.25, 0.3) is 16.8 Å². The number of halogens is 2. The summed E-state index contributed by atoms with van der Waals surface area (Å²) in [6.07, 6.45) is 0. The van der Waals surface area contributed by atoms with Crippen molar-refractivity contribution in [2.75, 3.05) is 24.3 Å². The molecular formula is C29H29Cl2N5O3. The summed E-state index contributed by atoms with van der Waals surface area (Å²) in [4.78, 5) is 28.0. The van der Waals surface area contributed by atoms with Crippen molar-refractivity contribution < 1.29 is 14.3 Å². The molecule has 10 heteroatoms. The summed E-state index contributed by atoms with van der Waals surface area (Å²) in [5.74, 6) is 0.833. The lowest BCUT2D eigenvalue weighted by atomic mass is 10.1. The Morgan fingerprint density at radius 2 is 1.67 bits per heavy atom. The number of aromatic nitrogens is 2. The normalized spacial score (nSPS) is 10.8. The van der Waals surface area contributed by atoms with Gasteiger partial charge in [0, 0.05) is 17.3 Å². The minimum absolute atomic E-state index is 0.189. The van der Waals surface area contributed by atoms with Crippen LogP contribution < -0.4 is 15.4 Å². The number of hydrogen-bond donors (Lipinski definition) is 2. The van der Waals surface area contributed by atoms with Gasteiger partial charge in [-0.05, 0) is 68.8 Å². The average Bonchev–Trinajstić information content (AvgIpc) is 3.24. The number of carbonyl (C=O) groups is 2. The Morgan fingerprint density at radius 1 is 0.974 bits per heavy atom. The zero-order valence-corrected chi connectivity index (χ0v) is 23.5. The van der Waals surface area contributed by atoms with E-state index in [1.54, 1.807) is 30.0 Å². The van der Waals surface area contributed by atoms with Crippen LogP contribution in [-0.4, -0.2) is 46.3 Å². The van der Waals surface area contributed by atoms with Gasteiger partial charge < -0.3 is 20.3 Å². The lowest BCUT2D eigenvalue weighted by Crippen LogP contribution is -2.44. The molecule has 0 aliphatic rings. The van der Waals surface area contributed by atoms with Crippen LogP contribution in [0.3, 0.4) is 0 Å². The van der Waals surface area contributed by atoms with Crippen molar-refractivity contribution in [3.63, 3.8) is 0 Å². The second-order valence-electron chi connectivity index (χ2n) is 9.11. The van der Waals surface area contributed by atoms with E-state index < -0.39 is 6.03 Å². The highest BCUT2D eigenvalue weighted by atomic mass is 35.5. The van der Waals surface area contributed by atoms with Crippen molar-refractivity contribution in [3.8, 4) is 22.6 Å². The van der Waals surface area contributed by atoms with Gasteiger partial charge in [-0.25, -0.2) is 9.48 Å². The molecule has 202 valence electrons. The molecule has 0 atom stereocenters. The average molecular weight is 566 g/mol. The van der Waals surface area contributed by atoms with Gasteiger partial charge >= 0.3 is 6.03 Å². The van der Waals surface area contributed by atoms with Gasteiger partial charge in [0.2, 0.25) is 5.91 Å². The molecule has 0 saturated heterocycles. The quantitative estimate of drug-likeness (QED) is 0.239. The van der Waals surface area contributed by atoms with Crippen molar-refractivity contribution in [2.24, 2.45) is 0 Å². The van der Waals surface area contributed by atoms with Gasteiger partial charge in [-0.3, -0.25) is 4.79 Å². The van der Waals surface area contributed by atoms with Crippen molar-refractivity contribution in [3.05, 3.63) is 88.5 Å². The van der Waals surface area contributed by atoms with Crippen molar-refractivity contribution in [1.29, 1.82) is 0 Å². The number of anilines is 2. The molecule has 0 saturated carbocycles. The first-order chi connectivity index (χ1) is 18.7. The van der Waals surface area contributed by atoms with E-state index >= 15 is 0 Å². The van der Waals surface area contributed by atoms with Crippen LogP contribution in [0.15, 0.2) is 72.8 Å². The minimum atomic E-state index is -0.443. The van der Waals surface area contributed by atoms with Gasteiger partial charge in [0.15, 0.2) is 0 Å². The van der Waals surface area contributed by atoms with Gasteiger partial charge in [-0.1, -0.05) is 53.5 Å². The maximum absolute atomic E-state index is 13.4. The second-order valence-corrected chi connectivity index (χ2v) is 9.93. The number of hydrogen-bond acceptors (Lipinski definition) is 4. The number of ether oxygens (including phenoxy) is 1. The monoisotopic (exact) mass is 565 g/mol. The molecule has 3 aromatic carbocycles. The third-order valence-electron chi connectivity index (χ3n) is 6.07. The first-order valence-electron chi connectivity index (χ1n) is 12.3. The first-order valence-corrected chi connectivity index (χ1v) is 13.1. The molecule has 0 aliphatic heterocycles. The van der Waals surface area contributed by atoms with E-state index in [4.69, 9.17) is 33.0 Å². The van der Waals surface area contributed by atoms with Crippen LogP contribution in [0.1, 0.15) is 19.5 Å². The molecule has 0 spiro atoms. The summed E-state index contributed by atoms with van der Waals surface area (Å²) in [7, 11) is 1.60. The minimum Gasteiger partial charge on any atom is -0.497 e. The van der Waals surface area contributed by atoms with Crippen molar-refractivity contribution in [2.45, 2.75) is 26.8 Å². The number of urea groups is 1. The third kappa shape index (κ3) is 6.53. The Morgan fingerprint density at radius 3 is 2.28 bits per heavy atom. The molecule has 3 amide bonds. The molecule has 2 N–H and O–H groups in total. The first kappa shape index (κ1) is 28.0. The predicted molar refractivity (Wildman–Crippen MR) is 156 cm³/mol. The van der Waals surface area contributed by atoms with Crippen LogP contribution in [-0.2, 0) is 4.79 Å². The Labute approximate surface area is 237 Å². The van der Waals surface area contributed by atoms with Gasteiger partial charge in [0.05, 0.1) is 28.5 Å². The SMILES string of the molecule is COc1ccc(-n2nc(C)c(-c3ccccc3)c2NC(=O)CN(C(=O)Nc2ccc(Cl)c(Cl)c2)C(C)C)cc1. The molecule has 0 aliphatic carbocycles. The maximum atomic E-state index is 13.4. The van der Waals surface area contributed by atoms with Crippen LogP contribution in [0, 0.1) is 6.92 Å².